The Morgan fingerprint density at radius 1 is 1.17 bits per heavy atom. The molecule has 2 rings (SSSR count). The van der Waals surface area contributed by atoms with Gasteiger partial charge in [0, 0.05) is 27.2 Å². The summed E-state index contributed by atoms with van der Waals surface area (Å²) in [5.41, 5.74) is 0.170. The fraction of sp³-hybridized carbons (Fsp3) is 0.545. The third-order valence-electron chi connectivity index (χ3n) is 2.99. The number of hydrogen-bond acceptors (Lipinski definition) is 4. The first-order chi connectivity index (χ1) is 8.52. The van der Waals surface area contributed by atoms with E-state index in [9.17, 15) is 9.59 Å². The van der Waals surface area contributed by atoms with Crippen LogP contribution in [0.4, 0.5) is 5.95 Å². The molecule has 0 fully saturated rings. The van der Waals surface area contributed by atoms with Crippen LogP contribution in [-0.4, -0.2) is 25.2 Å². The fourth-order valence-electron chi connectivity index (χ4n) is 2.08. The average molecular weight is 251 g/mol. The summed E-state index contributed by atoms with van der Waals surface area (Å²) in [6, 6.07) is 0. The number of nitrogens with one attached hydrogen (secondary N) is 1. The summed E-state index contributed by atoms with van der Waals surface area (Å²) in [5, 5.41) is 3.10. The number of fused-ring (bicyclic) bond motifs is 1. The van der Waals surface area contributed by atoms with Crippen LogP contribution in [0.1, 0.15) is 13.8 Å². The fourth-order valence-corrected chi connectivity index (χ4v) is 2.08. The highest BCUT2D eigenvalue weighted by Crippen LogP contribution is 2.14. The monoisotopic (exact) mass is 251 g/mol. The number of rotatable bonds is 3. The van der Waals surface area contributed by atoms with E-state index in [1.165, 1.54) is 11.6 Å². The van der Waals surface area contributed by atoms with Gasteiger partial charge in [-0.05, 0) is 13.8 Å². The highest BCUT2D eigenvalue weighted by Gasteiger charge is 2.17. The van der Waals surface area contributed by atoms with Gasteiger partial charge in [-0.2, -0.15) is 0 Å². The molecule has 0 spiro atoms. The van der Waals surface area contributed by atoms with Crippen LogP contribution in [-0.2, 0) is 20.6 Å². The SMILES string of the molecule is CCNc1nc2c(=O)n(C)c(=O)n(C)c2n1CC. The summed E-state index contributed by atoms with van der Waals surface area (Å²) < 4.78 is 4.36. The molecule has 1 N–H and O–H groups in total. The van der Waals surface area contributed by atoms with Crippen LogP contribution < -0.4 is 16.6 Å². The molecule has 0 aromatic carbocycles. The van der Waals surface area contributed by atoms with Gasteiger partial charge in [-0.15, -0.1) is 0 Å². The second kappa shape index (κ2) is 4.32. The minimum absolute atomic E-state index is 0.317. The van der Waals surface area contributed by atoms with E-state index in [2.05, 4.69) is 10.3 Å². The Balaban J connectivity index is 2.98. The van der Waals surface area contributed by atoms with Crippen molar-refractivity contribution >= 4 is 17.1 Å². The molecule has 0 radical (unpaired) electrons. The lowest BCUT2D eigenvalue weighted by Crippen LogP contribution is -2.37. The number of imidazole rings is 1. The van der Waals surface area contributed by atoms with Crippen LogP contribution in [0.5, 0.6) is 0 Å². The largest absolute Gasteiger partial charge is 0.356 e. The molecule has 98 valence electrons. The van der Waals surface area contributed by atoms with Gasteiger partial charge in [0.05, 0.1) is 0 Å². The van der Waals surface area contributed by atoms with E-state index in [-0.39, 0.29) is 11.2 Å². The number of anilines is 1. The molecule has 0 atom stereocenters. The van der Waals surface area contributed by atoms with E-state index in [1.807, 2.05) is 18.4 Å². The molecule has 0 saturated carbocycles. The van der Waals surface area contributed by atoms with Crippen LogP contribution in [0.2, 0.25) is 0 Å². The van der Waals surface area contributed by atoms with Gasteiger partial charge in [0.25, 0.3) is 5.56 Å². The molecule has 2 heterocycles. The summed E-state index contributed by atoms with van der Waals surface area (Å²) in [4.78, 5) is 28.2. The Labute approximate surface area is 104 Å². The second-order valence-electron chi connectivity index (χ2n) is 4.09. The maximum atomic E-state index is 12.0. The first-order valence-corrected chi connectivity index (χ1v) is 5.93. The predicted molar refractivity (Wildman–Crippen MR) is 70.1 cm³/mol. The third-order valence-corrected chi connectivity index (χ3v) is 2.99. The molecule has 0 amide bonds. The minimum atomic E-state index is -0.362. The van der Waals surface area contributed by atoms with Crippen LogP contribution in [0.3, 0.4) is 0 Å². The Hall–Kier alpha value is -2.05. The smallest absolute Gasteiger partial charge is 0.332 e. The first kappa shape index (κ1) is 12.4. The topological polar surface area (TPSA) is 73.8 Å². The van der Waals surface area contributed by atoms with Gasteiger partial charge in [0.15, 0.2) is 11.2 Å². The number of aryl methyl sites for hydroxylation is 2. The van der Waals surface area contributed by atoms with Crippen molar-refractivity contribution < 1.29 is 0 Å². The lowest BCUT2D eigenvalue weighted by Gasteiger charge is -2.09. The standard InChI is InChI=1S/C11H17N5O2/c1-5-12-10-13-7-8(16(10)6-2)14(3)11(18)15(4)9(7)17/h5-6H2,1-4H3,(H,12,13). The van der Waals surface area contributed by atoms with Crippen molar-refractivity contribution in [3.05, 3.63) is 20.8 Å². The molecule has 2 aromatic heterocycles. The summed E-state index contributed by atoms with van der Waals surface area (Å²) in [6.07, 6.45) is 0. The maximum Gasteiger partial charge on any atom is 0.332 e. The van der Waals surface area contributed by atoms with Gasteiger partial charge in [0.2, 0.25) is 5.95 Å². The van der Waals surface area contributed by atoms with Gasteiger partial charge in [-0.25, -0.2) is 9.78 Å². The van der Waals surface area contributed by atoms with E-state index in [0.717, 1.165) is 4.57 Å². The molecule has 2 aromatic rings. The number of aromatic nitrogens is 4. The Morgan fingerprint density at radius 3 is 2.39 bits per heavy atom. The van der Waals surface area contributed by atoms with E-state index in [0.29, 0.717) is 30.2 Å². The predicted octanol–water partition coefficient (Wildman–Crippen LogP) is -0.115. The zero-order valence-electron chi connectivity index (χ0n) is 11.0. The molecule has 0 unspecified atom stereocenters. The molecule has 7 nitrogen and oxygen atoms in total. The lowest BCUT2D eigenvalue weighted by molar-refractivity contribution is 0.683. The van der Waals surface area contributed by atoms with Crippen LogP contribution in [0.15, 0.2) is 9.59 Å². The lowest BCUT2D eigenvalue weighted by atomic mass is 10.5. The first-order valence-electron chi connectivity index (χ1n) is 5.93. The van der Waals surface area contributed by atoms with Crippen LogP contribution in [0.25, 0.3) is 11.2 Å². The Morgan fingerprint density at radius 2 is 1.83 bits per heavy atom. The van der Waals surface area contributed by atoms with Crippen molar-refractivity contribution in [2.24, 2.45) is 14.1 Å². The van der Waals surface area contributed by atoms with Gasteiger partial charge in [0.1, 0.15) is 0 Å². The Kier molecular flexibility index (Phi) is 2.98. The van der Waals surface area contributed by atoms with Gasteiger partial charge in [-0.3, -0.25) is 18.5 Å². The normalized spacial score (nSPS) is 11.1. The van der Waals surface area contributed by atoms with Gasteiger partial charge >= 0.3 is 5.69 Å². The molecule has 0 bridgehead atoms. The molecule has 18 heavy (non-hydrogen) atoms. The quantitative estimate of drug-likeness (QED) is 0.825. The number of hydrogen-bond donors (Lipinski definition) is 1. The van der Waals surface area contributed by atoms with E-state index in [4.69, 9.17) is 0 Å². The number of nitrogens with zero attached hydrogens (tertiary/aromatic N) is 4. The van der Waals surface area contributed by atoms with Crippen LogP contribution >= 0.6 is 0 Å². The average Bonchev–Trinajstić information content (AvgIpc) is 2.73. The van der Waals surface area contributed by atoms with E-state index < -0.39 is 0 Å². The van der Waals surface area contributed by atoms with Crippen molar-refractivity contribution in [2.45, 2.75) is 20.4 Å². The summed E-state index contributed by atoms with van der Waals surface area (Å²) >= 11 is 0. The zero-order valence-corrected chi connectivity index (χ0v) is 11.0. The highest BCUT2D eigenvalue weighted by molar-refractivity contribution is 5.74. The molecular weight excluding hydrogens is 234 g/mol. The molecule has 0 aliphatic heterocycles. The van der Waals surface area contributed by atoms with Crippen molar-refractivity contribution in [3.63, 3.8) is 0 Å². The van der Waals surface area contributed by atoms with Gasteiger partial charge < -0.3 is 5.32 Å². The van der Waals surface area contributed by atoms with E-state index in [1.54, 1.807) is 7.05 Å². The van der Waals surface area contributed by atoms with Crippen molar-refractivity contribution in [2.75, 3.05) is 11.9 Å². The zero-order chi connectivity index (χ0) is 13.4. The summed E-state index contributed by atoms with van der Waals surface area (Å²) in [5.74, 6) is 0.619. The molecule has 0 aliphatic carbocycles. The molecule has 0 saturated heterocycles. The summed E-state index contributed by atoms with van der Waals surface area (Å²) in [7, 11) is 3.11. The van der Waals surface area contributed by atoms with Crippen molar-refractivity contribution in [1.29, 1.82) is 0 Å². The van der Waals surface area contributed by atoms with Crippen molar-refractivity contribution in [1.82, 2.24) is 18.7 Å². The molecular formula is C11H17N5O2. The van der Waals surface area contributed by atoms with Gasteiger partial charge in [-0.1, -0.05) is 0 Å². The Bertz CT molecular complexity index is 707. The summed E-state index contributed by atoms with van der Waals surface area (Å²) in [6.45, 7) is 5.25. The van der Waals surface area contributed by atoms with Crippen molar-refractivity contribution in [3.8, 4) is 0 Å². The second-order valence-corrected chi connectivity index (χ2v) is 4.09. The minimum Gasteiger partial charge on any atom is -0.356 e. The molecule has 7 heteroatoms. The molecule has 0 aliphatic rings. The maximum absolute atomic E-state index is 12.0. The highest BCUT2D eigenvalue weighted by atomic mass is 16.2. The van der Waals surface area contributed by atoms with E-state index >= 15 is 0 Å². The van der Waals surface area contributed by atoms with Crippen LogP contribution in [0, 0.1) is 0 Å². The third kappa shape index (κ3) is 1.54.